The lowest BCUT2D eigenvalue weighted by Gasteiger charge is -2.10. The first-order chi connectivity index (χ1) is 9.11. The molecule has 19 heavy (non-hydrogen) atoms. The topological polar surface area (TPSA) is 35.2 Å². The lowest BCUT2D eigenvalue weighted by atomic mass is 10.1. The van der Waals surface area contributed by atoms with Crippen LogP contribution in [0.4, 0.5) is 4.39 Å². The van der Waals surface area contributed by atoms with Gasteiger partial charge in [0.05, 0.1) is 5.02 Å². The molecule has 2 aromatic rings. The third-order valence-electron chi connectivity index (χ3n) is 2.65. The van der Waals surface area contributed by atoms with Gasteiger partial charge in [-0.25, -0.2) is 4.39 Å². The third kappa shape index (κ3) is 3.38. The van der Waals surface area contributed by atoms with Crippen LogP contribution in [0.15, 0.2) is 36.4 Å². The minimum Gasteiger partial charge on any atom is -0.487 e. The molecule has 2 rings (SSSR count). The average Bonchev–Trinajstić information content (AvgIpc) is 2.42. The Hall–Kier alpha value is -1.29. The molecule has 0 amide bonds. The van der Waals surface area contributed by atoms with Gasteiger partial charge in [-0.2, -0.15) is 0 Å². The highest BCUT2D eigenvalue weighted by Crippen LogP contribution is 2.32. The largest absolute Gasteiger partial charge is 0.487 e. The van der Waals surface area contributed by atoms with E-state index in [0.717, 1.165) is 5.56 Å². The van der Waals surface area contributed by atoms with Crippen molar-refractivity contribution in [3.05, 3.63) is 63.4 Å². The monoisotopic (exact) mass is 299 g/mol. The lowest BCUT2D eigenvalue weighted by Crippen LogP contribution is -2.02. The van der Waals surface area contributed by atoms with E-state index in [0.29, 0.717) is 27.9 Å². The first-order valence-electron chi connectivity index (χ1n) is 5.66. The van der Waals surface area contributed by atoms with Crippen LogP contribution in [-0.4, -0.2) is 0 Å². The van der Waals surface area contributed by atoms with Gasteiger partial charge in [0, 0.05) is 12.1 Å². The molecule has 2 N–H and O–H groups in total. The Balaban J connectivity index is 2.16. The van der Waals surface area contributed by atoms with Crippen LogP contribution >= 0.6 is 23.2 Å². The Morgan fingerprint density at radius 2 is 1.95 bits per heavy atom. The number of ether oxygens (including phenoxy) is 1. The maximum Gasteiger partial charge on any atom is 0.139 e. The highest BCUT2D eigenvalue weighted by Gasteiger charge is 2.08. The van der Waals surface area contributed by atoms with Crippen molar-refractivity contribution in [1.82, 2.24) is 0 Å². The van der Waals surface area contributed by atoms with E-state index < -0.39 is 0 Å². The summed E-state index contributed by atoms with van der Waals surface area (Å²) >= 11 is 11.9. The molecule has 0 spiro atoms. The maximum atomic E-state index is 13.6. The van der Waals surface area contributed by atoms with Crippen molar-refractivity contribution < 1.29 is 9.13 Å². The van der Waals surface area contributed by atoms with Gasteiger partial charge >= 0.3 is 0 Å². The second kappa shape index (κ2) is 6.24. The molecule has 0 fully saturated rings. The highest BCUT2D eigenvalue weighted by atomic mass is 35.5. The Kier molecular flexibility index (Phi) is 4.64. The summed E-state index contributed by atoms with van der Waals surface area (Å²) in [6.07, 6.45) is 0. The van der Waals surface area contributed by atoms with Crippen molar-refractivity contribution in [2.75, 3.05) is 0 Å². The predicted molar refractivity (Wildman–Crippen MR) is 75.1 cm³/mol. The summed E-state index contributed by atoms with van der Waals surface area (Å²) in [5.74, 6) is 0.0852. The molecule has 100 valence electrons. The maximum absolute atomic E-state index is 13.6. The van der Waals surface area contributed by atoms with Crippen molar-refractivity contribution in [2.45, 2.75) is 13.2 Å². The summed E-state index contributed by atoms with van der Waals surface area (Å²) in [5, 5.41) is 0.718. The number of nitrogens with two attached hydrogens (primary N) is 1. The molecule has 0 heterocycles. The van der Waals surface area contributed by atoms with E-state index in [1.54, 1.807) is 30.3 Å². The van der Waals surface area contributed by atoms with Crippen LogP contribution in [0.3, 0.4) is 0 Å². The molecule has 0 aromatic heterocycles. The van der Waals surface area contributed by atoms with Crippen LogP contribution in [0.1, 0.15) is 11.1 Å². The molecule has 0 saturated carbocycles. The number of hydrogen-bond acceptors (Lipinski definition) is 2. The first-order valence-corrected chi connectivity index (χ1v) is 6.41. The number of benzene rings is 2. The van der Waals surface area contributed by atoms with E-state index in [1.165, 1.54) is 6.07 Å². The summed E-state index contributed by atoms with van der Waals surface area (Å²) in [4.78, 5) is 0. The van der Waals surface area contributed by atoms with Gasteiger partial charge in [-0.05, 0) is 29.8 Å². The average molecular weight is 300 g/mol. The molecule has 5 heteroatoms. The molecule has 0 atom stereocenters. The van der Waals surface area contributed by atoms with Gasteiger partial charge in [-0.15, -0.1) is 0 Å². The molecule has 0 aliphatic heterocycles. The van der Waals surface area contributed by atoms with Crippen LogP contribution in [0.25, 0.3) is 0 Å². The van der Waals surface area contributed by atoms with E-state index in [-0.39, 0.29) is 12.4 Å². The fourth-order valence-electron chi connectivity index (χ4n) is 1.62. The lowest BCUT2D eigenvalue weighted by molar-refractivity contribution is 0.300. The zero-order chi connectivity index (χ0) is 13.8. The Bertz CT molecular complexity index is 590. The van der Waals surface area contributed by atoms with Crippen molar-refractivity contribution in [3.63, 3.8) is 0 Å². The molecule has 0 unspecified atom stereocenters. The van der Waals surface area contributed by atoms with Crippen LogP contribution in [0.5, 0.6) is 5.75 Å². The number of halogens is 3. The zero-order valence-corrected chi connectivity index (χ0v) is 11.5. The molecular weight excluding hydrogens is 288 g/mol. The number of hydrogen-bond donors (Lipinski definition) is 1. The van der Waals surface area contributed by atoms with E-state index in [4.69, 9.17) is 33.7 Å². The predicted octanol–water partition coefficient (Wildman–Crippen LogP) is 4.17. The fraction of sp³-hybridized carbons (Fsp3) is 0.143. The van der Waals surface area contributed by atoms with E-state index in [9.17, 15) is 4.39 Å². The Morgan fingerprint density at radius 1 is 1.16 bits per heavy atom. The third-order valence-corrected chi connectivity index (χ3v) is 3.45. The summed E-state index contributed by atoms with van der Waals surface area (Å²) in [6, 6.07) is 9.75. The minimum atomic E-state index is -0.338. The standard InChI is InChI=1S/C14H12Cl2FNO/c15-11-2-1-3-13(14(11)16)19-8-10-6-9(7-18)4-5-12(10)17/h1-6H,7-8,18H2. The minimum absolute atomic E-state index is 0.0692. The summed E-state index contributed by atoms with van der Waals surface area (Å²) in [5.41, 5.74) is 6.79. The van der Waals surface area contributed by atoms with Crippen molar-refractivity contribution >= 4 is 23.2 Å². The molecule has 0 aliphatic carbocycles. The normalized spacial score (nSPS) is 10.5. The van der Waals surface area contributed by atoms with Gasteiger partial charge in [0.25, 0.3) is 0 Å². The molecular formula is C14H12Cl2FNO. The van der Waals surface area contributed by atoms with Gasteiger partial charge < -0.3 is 10.5 Å². The van der Waals surface area contributed by atoms with Gasteiger partial charge in [0.15, 0.2) is 0 Å². The molecule has 2 aromatic carbocycles. The summed E-state index contributed by atoms with van der Waals surface area (Å²) in [7, 11) is 0. The van der Waals surface area contributed by atoms with E-state index in [1.807, 2.05) is 0 Å². The summed E-state index contributed by atoms with van der Waals surface area (Å²) in [6.45, 7) is 0.422. The Morgan fingerprint density at radius 3 is 2.68 bits per heavy atom. The second-order valence-electron chi connectivity index (χ2n) is 3.97. The van der Waals surface area contributed by atoms with Crippen molar-refractivity contribution in [2.24, 2.45) is 5.73 Å². The first kappa shape index (κ1) is 14.1. The van der Waals surface area contributed by atoms with Crippen LogP contribution in [-0.2, 0) is 13.2 Å². The SMILES string of the molecule is NCc1ccc(F)c(COc2cccc(Cl)c2Cl)c1. The quantitative estimate of drug-likeness (QED) is 0.919. The molecule has 0 aliphatic rings. The fourth-order valence-corrected chi connectivity index (χ4v) is 1.96. The van der Waals surface area contributed by atoms with Crippen LogP contribution in [0, 0.1) is 5.82 Å². The van der Waals surface area contributed by atoms with Gasteiger partial charge in [-0.3, -0.25) is 0 Å². The van der Waals surface area contributed by atoms with Gasteiger partial charge in [0.2, 0.25) is 0 Å². The summed E-state index contributed by atoms with van der Waals surface area (Å²) < 4.78 is 19.1. The van der Waals surface area contributed by atoms with Crippen LogP contribution < -0.4 is 10.5 Å². The second-order valence-corrected chi connectivity index (χ2v) is 4.76. The highest BCUT2D eigenvalue weighted by molar-refractivity contribution is 6.42. The Labute approximate surface area is 120 Å². The van der Waals surface area contributed by atoms with Gasteiger partial charge in [0.1, 0.15) is 23.2 Å². The van der Waals surface area contributed by atoms with E-state index in [2.05, 4.69) is 0 Å². The molecule has 0 bridgehead atoms. The molecule has 2 nitrogen and oxygen atoms in total. The van der Waals surface area contributed by atoms with E-state index >= 15 is 0 Å². The number of rotatable bonds is 4. The van der Waals surface area contributed by atoms with Gasteiger partial charge in [-0.1, -0.05) is 35.3 Å². The zero-order valence-electron chi connectivity index (χ0n) is 10.00. The van der Waals surface area contributed by atoms with Crippen LogP contribution in [0.2, 0.25) is 10.0 Å². The molecule has 0 saturated heterocycles. The van der Waals surface area contributed by atoms with Crippen molar-refractivity contribution in [1.29, 1.82) is 0 Å². The van der Waals surface area contributed by atoms with Crippen molar-refractivity contribution in [3.8, 4) is 5.75 Å². The smallest absolute Gasteiger partial charge is 0.139 e. The molecule has 0 radical (unpaired) electrons.